The maximum atomic E-state index is 14.0. The molecular weight excluding hydrogens is 219 g/mol. The van der Waals surface area contributed by atoms with Crippen molar-refractivity contribution in [1.29, 1.82) is 0 Å². The summed E-state index contributed by atoms with van der Waals surface area (Å²) in [4.78, 5) is 11.9. The monoisotopic (exact) mass is 232 g/mol. The van der Waals surface area contributed by atoms with Crippen LogP contribution in [0.15, 0.2) is 36.4 Å². The number of alkyl halides is 1. The van der Waals surface area contributed by atoms with Gasteiger partial charge >= 0.3 is 0 Å². The number of hydrogen-bond donors (Lipinski definition) is 0. The Morgan fingerprint density at radius 2 is 1.94 bits per heavy atom. The summed E-state index contributed by atoms with van der Waals surface area (Å²) >= 11 is 0. The van der Waals surface area contributed by atoms with E-state index in [1.54, 1.807) is 50.2 Å². The quantitative estimate of drug-likeness (QED) is 0.798. The summed E-state index contributed by atoms with van der Waals surface area (Å²) < 4.78 is 15.1. The number of carbonyl (C=O) groups is 1. The fraction of sp³-hybridized carbons (Fsp3) is 0.231. The maximum absolute atomic E-state index is 14.0. The Kier molecular flexibility index (Phi) is 3.04. The zero-order valence-electron chi connectivity index (χ0n) is 9.72. The molecule has 4 heteroatoms. The van der Waals surface area contributed by atoms with Crippen molar-refractivity contribution in [2.24, 2.45) is 0 Å². The van der Waals surface area contributed by atoms with Crippen molar-refractivity contribution in [3.63, 3.8) is 0 Å². The van der Waals surface area contributed by atoms with E-state index in [2.05, 4.69) is 5.10 Å². The largest absolute Gasteiger partial charge is 0.286 e. The fourth-order valence-corrected chi connectivity index (χ4v) is 1.72. The molecule has 0 fully saturated rings. The lowest BCUT2D eigenvalue weighted by atomic mass is 10.1. The molecule has 0 amide bonds. The van der Waals surface area contributed by atoms with Crippen LogP contribution in [0, 0.1) is 13.8 Å². The molecule has 3 nitrogen and oxygen atoms in total. The Labute approximate surface area is 98.9 Å². The topological polar surface area (TPSA) is 34.9 Å². The van der Waals surface area contributed by atoms with Crippen LogP contribution >= 0.6 is 0 Å². The standard InChI is InChI=1S/C13H13FN2O/c1-9-8-10(2)16(15-9)13(17)12(14)11-6-4-3-5-7-11/h3-8,12H,1-2H3/t12-/m1/s1. The van der Waals surface area contributed by atoms with Crippen LogP contribution in [0.3, 0.4) is 0 Å². The average Bonchev–Trinajstić information content (AvgIpc) is 2.68. The summed E-state index contributed by atoms with van der Waals surface area (Å²) in [6.45, 7) is 3.50. The van der Waals surface area contributed by atoms with Gasteiger partial charge in [0.05, 0.1) is 5.69 Å². The number of rotatable bonds is 2. The molecule has 1 aromatic heterocycles. The summed E-state index contributed by atoms with van der Waals surface area (Å²) in [5.74, 6) is -0.651. The van der Waals surface area contributed by atoms with E-state index >= 15 is 0 Å². The Bertz CT molecular complexity index is 534. The molecular formula is C13H13FN2O. The van der Waals surface area contributed by atoms with Crippen LogP contribution in [0.4, 0.5) is 4.39 Å². The van der Waals surface area contributed by atoms with Crippen LogP contribution in [0.5, 0.6) is 0 Å². The van der Waals surface area contributed by atoms with Crippen LogP contribution in [-0.4, -0.2) is 15.7 Å². The second-order valence-corrected chi connectivity index (χ2v) is 3.95. The molecule has 2 aromatic rings. The first-order valence-corrected chi connectivity index (χ1v) is 5.36. The minimum absolute atomic E-state index is 0.352. The van der Waals surface area contributed by atoms with Gasteiger partial charge in [0.15, 0.2) is 0 Å². The first-order chi connectivity index (χ1) is 8.09. The van der Waals surface area contributed by atoms with E-state index in [0.29, 0.717) is 17.0 Å². The predicted molar refractivity (Wildman–Crippen MR) is 62.6 cm³/mol. The number of nitrogens with zero attached hydrogens (tertiary/aromatic N) is 2. The third kappa shape index (κ3) is 2.25. The highest BCUT2D eigenvalue weighted by Crippen LogP contribution is 2.19. The van der Waals surface area contributed by atoms with Crippen molar-refractivity contribution in [3.05, 3.63) is 53.3 Å². The van der Waals surface area contributed by atoms with Crippen molar-refractivity contribution in [2.75, 3.05) is 0 Å². The number of aromatic nitrogens is 2. The first-order valence-electron chi connectivity index (χ1n) is 5.36. The number of halogens is 1. The highest BCUT2D eigenvalue weighted by molar-refractivity contribution is 5.84. The van der Waals surface area contributed by atoms with Crippen molar-refractivity contribution in [2.45, 2.75) is 20.0 Å². The molecule has 0 bridgehead atoms. The lowest BCUT2D eigenvalue weighted by molar-refractivity contribution is 0.0769. The first kappa shape index (κ1) is 11.5. The van der Waals surface area contributed by atoms with Gasteiger partial charge in [-0.25, -0.2) is 9.07 Å². The molecule has 0 saturated heterocycles. The Hall–Kier alpha value is -1.97. The molecule has 1 heterocycles. The predicted octanol–water partition coefficient (Wildman–Crippen LogP) is 2.85. The van der Waals surface area contributed by atoms with Gasteiger partial charge in [0.25, 0.3) is 5.91 Å². The highest BCUT2D eigenvalue weighted by atomic mass is 19.1. The Morgan fingerprint density at radius 3 is 2.47 bits per heavy atom. The molecule has 0 radical (unpaired) electrons. The van der Waals surface area contributed by atoms with Crippen LogP contribution < -0.4 is 0 Å². The zero-order valence-corrected chi connectivity index (χ0v) is 9.72. The SMILES string of the molecule is Cc1cc(C)n(C(=O)[C@H](F)c2ccccc2)n1. The lowest BCUT2D eigenvalue weighted by Gasteiger charge is -2.08. The van der Waals surface area contributed by atoms with Gasteiger partial charge < -0.3 is 0 Å². The number of benzene rings is 1. The van der Waals surface area contributed by atoms with Crippen LogP contribution in [-0.2, 0) is 0 Å². The number of hydrogen-bond acceptors (Lipinski definition) is 2. The van der Waals surface area contributed by atoms with Gasteiger partial charge in [-0.15, -0.1) is 0 Å². The average molecular weight is 232 g/mol. The smallest absolute Gasteiger partial charge is 0.269 e. The van der Waals surface area contributed by atoms with Crippen molar-refractivity contribution in [1.82, 2.24) is 9.78 Å². The van der Waals surface area contributed by atoms with Crippen molar-refractivity contribution < 1.29 is 9.18 Å². The summed E-state index contributed by atoms with van der Waals surface area (Å²) in [6.07, 6.45) is -1.67. The van der Waals surface area contributed by atoms with Gasteiger partial charge in [-0.3, -0.25) is 4.79 Å². The van der Waals surface area contributed by atoms with Crippen LogP contribution in [0.25, 0.3) is 0 Å². The lowest BCUT2D eigenvalue weighted by Crippen LogP contribution is -2.19. The van der Waals surface area contributed by atoms with Crippen molar-refractivity contribution >= 4 is 5.91 Å². The second kappa shape index (κ2) is 4.49. The summed E-state index contributed by atoms with van der Waals surface area (Å²) in [7, 11) is 0. The molecule has 17 heavy (non-hydrogen) atoms. The molecule has 0 saturated carbocycles. The molecule has 1 aromatic carbocycles. The van der Waals surface area contributed by atoms with Gasteiger partial charge in [0.2, 0.25) is 6.17 Å². The van der Waals surface area contributed by atoms with E-state index in [1.165, 1.54) is 0 Å². The molecule has 0 spiro atoms. The second-order valence-electron chi connectivity index (χ2n) is 3.95. The zero-order chi connectivity index (χ0) is 12.4. The van der Waals surface area contributed by atoms with E-state index in [9.17, 15) is 9.18 Å². The molecule has 0 aliphatic carbocycles. The summed E-state index contributed by atoms with van der Waals surface area (Å²) in [6, 6.07) is 10.1. The summed E-state index contributed by atoms with van der Waals surface area (Å²) in [5, 5.41) is 3.98. The fourth-order valence-electron chi connectivity index (χ4n) is 1.72. The van der Waals surface area contributed by atoms with Gasteiger partial charge in [-0.1, -0.05) is 30.3 Å². The molecule has 2 rings (SSSR count). The minimum Gasteiger partial charge on any atom is -0.269 e. The van der Waals surface area contributed by atoms with Crippen molar-refractivity contribution in [3.8, 4) is 0 Å². The van der Waals surface area contributed by atoms with E-state index in [4.69, 9.17) is 0 Å². The summed E-state index contributed by atoms with van der Waals surface area (Å²) in [5.41, 5.74) is 1.70. The van der Waals surface area contributed by atoms with E-state index in [1.807, 2.05) is 0 Å². The molecule has 88 valence electrons. The Morgan fingerprint density at radius 1 is 1.29 bits per heavy atom. The third-order valence-corrected chi connectivity index (χ3v) is 2.53. The molecule has 0 N–H and O–H groups in total. The minimum atomic E-state index is -1.67. The highest BCUT2D eigenvalue weighted by Gasteiger charge is 2.23. The molecule has 0 aliphatic heterocycles. The van der Waals surface area contributed by atoms with Gasteiger partial charge in [-0.05, 0) is 25.5 Å². The van der Waals surface area contributed by atoms with Gasteiger partial charge in [0, 0.05) is 5.69 Å². The molecule has 0 aliphatic rings. The third-order valence-electron chi connectivity index (χ3n) is 2.53. The maximum Gasteiger partial charge on any atom is 0.286 e. The normalized spacial score (nSPS) is 12.4. The van der Waals surface area contributed by atoms with Crippen LogP contribution in [0.2, 0.25) is 0 Å². The van der Waals surface area contributed by atoms with E-state index in [-0.39, 0.29) is 0 Å². The molecule has 1 atom stereocenters. The van der Waals surface area contributed by atoms with E-state index < -0.39 is 12.1 Å². The van der Waals surface area contributed by atoms with Gasteiger partial charge in [-0.2, -0.15) is 5.10 Å². The Balaban J connectivity index is 2.30. The number of aryl methyl sites for hydroxylation is 2. The van der Waals surface area contributed by atoms with Crippen LogP contribution in [0.1, 0.15) is 27.9 Å². The molecule has 0 unspecified atom stereocenters. The van der Waals surface area contributed by atoms with Gasteiger partial charge in [0.1, 0.15) is 0 Å². The van der Waals surface area contributed by atoms with E-state index in [0.717, 1.165) is 4.68 Å². The number of carbonyl (C=O) groups excluding carboxylic acids is 1.